The van der Waals surface area contributed by atoms with Crippen LogP contribution in [0.2, 0.25) is 0 Å². The fourth-order valence-electron chi connectivity index (χ4n) is 1.32. The molecule has 1 heterocycles. The molecule has 0 spiro atoms. The summed E-state index contributed by atoms with van der Waals surface area (Å²) in [5.74, 6) is -0.418. The summed E-state index contributed by atoms with van der Waals surface area (Å²) < 4.78 is 0. The van der Waals surface area contributed by atoms with Crippen molar-refractivity contribution in [2.75, 3.05) is 0 Å². The zero-order valence-electron chi connectivity index (χ0n) is 6.90. The number of amides is 1. The lowest BCUT2D eigenvalue weighted by Gasteiger charge is -1.93. The molecule has 1 aromatic rings. The first-order valence-electron chi connectivity index (χ1n) is 3.92. The highest BCUT2D eigenvalue weighted by atomic mass is 16.1. The SMILES string of the molecule is NC(=O)c1cccc2c1=CC=C[N+]=2. The van der Waals surface area contributed by atoms with Gasteiger partial charge in [-0.25, -0.2) is 0 Å². The van der Waals surface area contributed by atoms with Crippen molar-refractivity contribution < 1.29 is 4.79 Å². The molecular weight excluding hydrogens is 164 g/mol. The molecule has 0 aromatic heterocycles. The van der Waals surface area contributed by atoms with Crippen molar-refractivity contribution in [2.45, 2.75) is 0 Å². The molecule has 0 fully saturated rings. The van der Waals surface area contributed by atoms with Gasteiger partial charge in [0.05, 0.1) is 15.8 Å². The second kappa shape index (κ2) is 2.86. The van der Waals surface area contributed by atoms with E-state index in [0.29, 0.717) is 5.56 Å². The van der Waals surface area contributed by atoms with Crippen LogP contribution < -0.4 is 21.3 Å². The van der Waals surface area contributed by atoms with E-state index in [9.17, 15) is 4.79 Å². The van der Waals surface area contributed by atoms with Crippen LogP contribution in [0.3, 0.4) is 0 Å². The van der Waals surface area contributed by atoms with Crippen LogP contribution in [-0.4, -0.2) is 5.91 Å². The zero-order chi connectivity index (χ0) is 9.26. The number of carbonyl (C=O) groups excluding carboxylic acids is 1. The first-order valence-corrected chi connectivity index (χ1v) is 3.92. The Hall–Kier alpha value is -1.90. The molecule has 2 N–H and O–H groups in total. The van der Waals surface area contributed by atoms with E-state index in [1.165, 1.54) is 0 Å². The van der Waals surface area contributed by atoms with Gasteiger partial charge in [0.2, 0.25) is 12.1 Å². The van der Waals surface area contributed by atoms with E-state index >= 15 is 0 Å². The van der Waals surface area contributed by atoms with Gasteiger partial charge in [0.1, 0.15) is 0 Å². The fraction of sp³-hybridized carbons (Fsp3) is 0. The third kappa shape index (κ3) is 1.24. The minimum absolute atomic E-state index is 0.418. The summed E-state index contributed by atoms with van der Waals surface area (Å²) in [6, 6.07) is 5.32. The van der Waals surface area contributed by atoms with Gasteiger partial charge in [0, 0.05) is 12.1 Å². The lowest BCUT2D eigenvalue weighted by molar-refractivity contribution is 0.0999. The van der Waals surface area contributed by atoms with E-state index in [4.69, 9.17) is 5.73 Å². The maximum atomic E-state index is 11.0. The van der Waals surface area contributed by atoms with E-state index in [-0.39, 0.29) is 0 Å². The van der Waals surface area contributed by atoms with Crippen LogP contribution in [0.1, 0.15) is 10.4 Å². The molecule has 1 radical (unpaired) electrons. The molecule has 1 amide bonds. The molecule has 0 saturated carbocycles. The molecule has 1 aliphatic heterocycles. The Balaban J connectivity index is 2.86. The molecule has 0 aliphatic carbocycles. The Labute approximate surface area is 74.9 Å². The number of carbonyl (C=O) groups is 1. The molecule has 1 aromatic carbocycles. The van der Waals surface area contributed by atoms with Crippen LogP contribution in [0.5, 0.6) is 0 Å². The van der Waals surface area contributed by atoms with Gasteiger partial charge in [-0.3, -0.25) is 4.79 Å². The van der Waals surface area contributed by atoms with Gasteiger partial charge < -0.3 is 5.73 Å². The maximum Gasteiger partial charge on any atom is 0.285 e. The summed E-state index contributed by atoms with van der Waals surface area (Å²) in [6.45, 7) is 0. The van der Waals surface area contributed by atoms with E-state index in [1.54, 1.807) is 24.4 Å². The highest BCUT2D eigenvalue weighted by Crippen LogP contribution is 1.87. The van der Waals surface area contributed by atoms with Crippen LogP contribution in [-0.2, 0) is 0 Å². The minimum atomic E-state index is -0.418. The monoisotopic (exact) mass is 172 g/mol. The predicted molar refractivity (Wildman–Crippen MR) is 49.1 cm³/mol. The number of fused-ring (bicyclic) bond motifs is 1. The van der Waals surface area contributed by atoms with Crippen molar-refractivity contribution >= 4 is 12.0 Å². The summed E-state index contributed by atoms with van der Waals surface area (Å²) in [5, 5.41) is 1.59. The topological polar surface area (TPSA) is 57.2 Å². The number of nitrogens with zero attached hydrogens (tertiary/aromatic N) is 1. The highest BCUT2D eigenvalue weighted by Gasteiger charge is 2.08. The van der Waals surface area contributed by atoms with Crippen LogP contribution in [0, 0.1) is 0 Å². The normalized spacial score (nSPS) is 12.6. The third-order valence-electron chi connectivity index (χ3n) is 1.91. The van der Waals surface area contributed by atoms with Crippen molar-refractivity contribution in [3.63, 3.8) is 0 Å². The third-order valence-corrected chi connectivity index (χ3v) is 1.91. The van der Waals surface area contributed by atoms with E-state index in [1.807, 2.05) is 12.1 Å². The lowest BCUT2D eigenvalue weighted by atomic mass is 10.1. The molecule has 2 rings (SSSR count). The summed E-state index contributed by atoms with van der Waals surface area (Å²) >= 11 is 0. The number of nitrogens with two attached hydrogens (primary N) is 1. The Morgan fingerprint density at radius 3 is 3.00 bits per heavy atom. The Morgan fingerprint density at radius 1 is 1.38 bits per heavy atom. The van der Waals surface area contributed by atoms with Crippen molar-refractivity contribution in [2.24, 2.45) is 5.73 Å². The van der Waals surface area contributed by atoms with Gasteiger partial charge >= 0.3 is 0 Å². The molecule has 0 bridgehead atoms. The molecule has 1 aliphatic rings. The van der Waals surface area contributed by atoms with Gasteiger partial charge in [-0.1, -0.05) is 6.07 Å². The first-order chi connectivity index (χ1) is 6.29. The lowest BCUT2D eigenvalue weighted by Crippen LogP contribution is -2.36. The van der Waals surface area contributed by atoms with Gasteiger partial charge in [-0.15, -0.1) is 0 Å². The number of benzene rings is 1. The van der Waals surface area contributed by atoms with Gasteiger partial charge in [-0.2, -0.15) is 0 Å². The first kappa shape index (κ1) is 7.73. The van der Waals surface area contributed by atoms with Crippen molar-refractivity contribution in [1.29, 1.82) is 0 Å². The molecular formula is C10H8N2O+. The van der Waals surface area contributed by atoms with Gasteiger partial charge in [0.15, 0.2) is 0 Å². The Morgan fingerprint density at radius 2 is 2.23 bits per heavy atom. The summed E-state index contributed by atoms with van der Waals surface area (Å²) in [7, 11) is 0. The number of rotatable bonds is 1. The van der Waals surface area contributed by atoms with Gasteiger partial charge in [0.25, 0.3) is 5.36 Å². The van der Waals surface area contributed by atoms with Gasteiger partial charge in [-0.05, 0) is 12.1 Å². The zero-order valence-corrected chi connectivity index (χ0v) is 6.90. The second-order valence-electron chi connectivity index (χ2n) is 2.74. The molecule has 3 heteroatoms. The predicted octanol–water partition coefficient (Wildman–Crippen LogP) is -0.951. The molecule has 63 valence electrons. The second-order valence-corrected chi connectivity index (χ2v) is 2.74. The minimum Gasteiger partial charge on any atom is -0.366 e. The van der Waals surface area contributed by atoms with Crippen molar-refractivity contribution in [3.8, 4) is 0 Å². The van der Waals surface area contributed by atoms with E-state index in [2.05, 4.69) is 4.99 Å². The summed E-state index contributed by atoms with van der Waals surface area (Å²) in [4.78, 5) is 15.1. The van der Waals surface area contributed by atoms with E-state index < -0.39 is 5.91 Å². The maximum absolute atomic E-state index is 11.0. The standard InChI is InChI=1S/C10H8N2O/c11-10(13)8-3-1-5-9-7(8)4-2-6-12-9/h1-6H,(H2,11,13)/q+1. The van der Waals surface area contributed by atoms with Crippen molar-refractivity contribution in [1.82, 2.24) is 4.99 Å². The number of primary amides is 1. The van der Waals surface area contributed by atoms with Crippen LogP contribution >= 0.6 is 0 Å². The largest absolute Gasteiger partial charge is 0.366 e. The number of hydrogen-bond acceptors (Lipinski definition) is 2. The molecule has 13 heavy (non-hydrogen) atoms. The average molecular weight is 172 g/mol. The van der Waals surface area contributed by atoms with Crippen LogP contribution in [0.15, 0.2) is 30.5 Å². The molecule has 0 atom stereocenters. The average Bonchev–Trinajstić information content (AvgIpc) is 2.17. The summed E-state index contributed by atoms with van der Waals surface area (Å²) in [5.41, 5.74) is 5.73. The Bertz CT molecular complexity index is 500. The highest BCUT2D eigenvalue weighted by molar-refractivity contribution is 5.93. The molecule has 3 nitrogen and oxygen atoms in total. The number of hydrogen-bond donors (Lipinski definition) is 1. The molecule has 0 saturated heterocycles. The molecule has 0 unspecified atom stereocenters. The van der Waals surface area contributed by atoms with Crippen molar-refractivity contribution in [3.05, 3.63) is 46.6 Å². The van der Waals surface area contributed by atoms with Crippen LogP contribution in [0.4, 0.5) is 0 Å². The Kier molecular flexibility index (Phi) is 1.70. The number of allylic oxidation sites excluding steroid dienone is 1. The fourth-order valence-corrected chi connectivity index (χ4v) is 1.32. The van der Waals surface area contributed by atoms with Crippen LogP contribution in [0.25, 0.3) is 6.08 Å². The smallest absolute Gasteiger partial charge is 0.285 e. The van der Waals surface area contributed by atoms with E-state index in [0.717, 1.165) is 10.6 Å². The quantitative estimate of drug-likeness (QED) is 0.583. The summed E-state index contributed by atoms with van der Waals surface area (Å²) in [6.07, 6.45) is 5.31.